The fourth-order valence-electron chi connectivity index (χ4n) is 2.01. The molecule has 0 atom stereocenters. The SMILES string of the molecule is Cc1cc2nnn(Cc3ccccc3)c2cc1N. The summed E-state index contributed by atoms with van der Waals surface area (Å²) in [5.74, 6) is 0. The minimum Gasteiger partial charge on any atom is -0.398 e. The van der Waals surface area contributed by atoms with E-state index in [9.17, 15) is 0 Å². The number of nitrogens with zero attached hydrogens (tertiary/aromatic N) is 3. The van der Waals surface area contributed by atoms with Crippen LogP contribution in [0, 0.1) is 6.92 Å². The Morgan fingerprint density at radius 1 is 1.17 bits per heavy atom. The van der Waals surface area contributed by atoms with Gasteiger partial charge in [0.25, 0.3) is 0 Å². The second-order valence-corrected chi connectivity index (χ2v) is 4.43. The van der Waals surface area contributed by atoms with Gasteiger partial charge in [0.05, 0.1) is 12.1 Å². The minimum absolute atomic E-state index is 0.708. The minimum atomic E-state index is 0.708. The molecule has 0 saturated heterocycles. The fraction of sp³-hybridized carbons (Fsp3) is 0.143. The molecule has 0 saturated carbocycles. The predicted molar refractivity (Wildman–Crippen MR) is 72.2 cm³/mol. The summed E-state index contributed by atoms with van der Waals surface area (Å²) >= 11 is 0. The van der Waals surface area contributed by atoms with Crippen LogP contribution in [0.2, 0.25) is 0 Å². The van der Waals surface area contributed by atoms with Gasteiger partial charge in [-0.05, 0) is 30.2 Å². The summed E-state index contributed by atoms with van der Waals surface area (Å²) in [4.78, 5) is 0. The first-order valence-corrected chi connectivity index (χ1v) is 5.87. The molecule has 18 heavy (non-hydrogen) atoms. The van der Waals surface area contributed by atoms with Crippen LogP contribution in [0.1, 0.15) is 11.1 Å². The molecule has 3 aromatic rings. The van der Waals surface area contributed by atoms with Gasteiger partial charge < -0.3 is 5.73 Å². The average molecular weight is 238 g/mol. The van der Waals surface area contributed by atoms with Crippen LogP contribution >= 0.6 is 0 Å². The van der Waals surface area contributed by atoms with Crippen LogP contribution in [0.15, 0.2) is 42.5 Å². The average Bonchev–Trinajstić information content (AvgIpc) is 2.74. The zero-order valence-electron chi connectivity index (χ0n) is 10.2. The molecule has 90 valence electrons. The normalized spacial score (nSPS) is 10.9. The third-order valence-corrected chi connectivity index (χ3v) is 3.08. The molecule has 0 unspecified atom stereocenters. The summed E-state index contributed by atoms with van der Waals surface area (Å²) in [5.41, 5.74) is 10.8. The Balaban J connectivity index is 2.05. The molecule has 0 bridgehead atoms. The van der Waals surface area contributed by atoms with Crippen LogP contribution in [-0.2, 0) is 6.54 Å². The predicted octanol–water partition coefficient (Wildman–Crippen LogP) is 2.37. The van der Waals surface area contributed by atoms with Crippen LogP contribution in [0.25, 0.3) is 11.0 Å². The number of rotatable bonds is 2. The summed E-state index contributed by atoms with van der Waals surface area (Å²) in [7, 11) is 0. The maximum Gasteiger partial charge on any atom is 0.113 e. The van der Waals surface area contributed by atoms with Crippen molar-refractivity contribution in [2.75, 3.05) is 5.73 Å². The Morgan fingerprint density at radius 2 is 1.94 bits per heavy atom. The van der Waals surface area contributed by atoms with E-state index < -0.39 is 0 Å². The number of nitrogens with two attached hydrogens (primary N) is 1. The van der Waals surface area contributed by atoms with E-state index in [4.69, 9.17) is 5.73 Å². The maximum absolute atomic E-state index is 5.94. The van der Waals surface area contributed by atoms with Crippen molar-refractivity contribution >= 4 is 16.7 Å². The number of fused-ring (bicyclic) bond motifs is 1. The number of aromatic nitrogens is 3. The molecule has 0 amide bonds. The summed E-state index contributed by atoms with van der Waals surface area (Å²) in [5, 5.41) is 8.36. The Morgan fingerprint density at radius 3 is 2.72 bits per heavy atom. The monoisotopic (exact) mass is 238 g/mol. The van der Waals surface area contributed by atoms with Gasteiger partial charge in [-0.2, -0.15) is 0 Å². The van der Waals surface area contributed by atoms with Crippen LogP contribution < -0.4 is 5.73 Å². The molecule has 3 rings (SSSR count). The molecular formula is C14H14N4. The lowest BCUT2D eigenvalue weighted by molar-refractivity contribution is 0.670. The van der Waals surface area contributed by atoms with Gasteiger partial charge in [0, 0.05) is 5.69 Å². The van der Waals surface area contributed by atoms with Crippen LogP contribution in [0.4, 0.5) is 5.69 Å². The summed E-state index contributed by atoms with van der Waals surface area (Å²) in [6.07, 6.45) is 0. The van der Waals surface area contributed by atoms with E-state index >= 15 is 0 Å². The molecule has 0 fully saturated rings. The van der Waals surface area contributed by atoms with Crippen molar-refractivity contribution in [3.63, 3.8) is 0 Å². The summed E-state index contributed by atoms with van der Waals surface area (Å²) in [6, 6.07) is 14.1. The van der Waals surface area contributed by atoms with Crippen molar-refractivity contribution in [2.45, 2.75) is 13.5 Å². The first kappa shape index (κ1) is 10.8. The van der Waals surface area contributed by atoms with Crippen molar-refractivity contribution in [1.29, 1.82) is 0 Å². The van der Waals surface area contributed by atoms with E-state index in [2.05, 4.69) is 22.4 Å². The number of benzene rings is 2. The molecule has 1 aromatic heterocycles. The fourth-order valence-corrected chi connectivity index (χ4v) is 2.01. The topological polar surface area (TPSA) is 56.7 Å². The second kappa shape index (κ2) is 4.14. The van der Waals surface area contributed by atoms with Gasteiger partial charge in [-0.15, -0.1) is 5.10 Å². The highest BCUT2D eigenvalue weighted by atomic mass is 15.4. The maximum atomic E-state index is 5.94. The first-order chi connectivity index (χ1) is 8.74. The highest BCUT2D eigenvalue weighted by Gasteiger charge is 2.07. The molecule has 4 nitrogen and oxygen atoms in total. The lowest BCUT2D eigenvalue weighted by Gasteiger charge is -2.04. The lowest BCUT2D eigenvalue weighted by Crippen LogP contribution is -2.02. The van der Waals surface area contributed by atoms with E-state index in [1.807, 2.05) is 41.9 Å². The van der Waals surface area contributed by atoms with Crippen LogP contribution in [0.3, 0.4) is 0 Å². The second-order valence-electron chi connectivity index (χ2n) is 4.43. The van der Waals surface area contributed by atoms with E-state index in [0.29, 0.717) is 6.54 Å². The van der Waals surface area contributed by atoms with Crippen molar-refractivity contribution < 1.29 is 0 Å². The molecule has 0 aliphatic carbocycles. The summed E-state index contributed by atoms with van der Waals surface area (Å²) in [6.45, 7) is 2.69. The Kier molecular flexibility index (Phi) is 2.48. The first-order valence-electron chi connectivity index (χ1n) is 5.87. The van der Waals surface area contributed by atoms with Crippen molar-refractivity contribution in [1.82, 2.24) is 15.0 Å². The van der Waals surface area contributed by atoms with Gasteiger partial charge in [0.2, 0.25) is 0 Å². The zero-order chi connectivity index (χ0) is 12.5. The number of hydrogen-bond donors (Lipinski definition) is 1. The van der Waals surface area contributed by atoms with Crippen LogP contribution in [-0.4, -0.2) is 15.0 Å². The van der Waals surface area contributed by atoms with Crippen molar-refractivity contribution in [2.24, 2.45) is 0 Å². The number of anilines is 1. The van der Waals surface area contributed by atoms with Crippen LogP contribution in [0.5, 0.6) is 0 Å². The van der Waals surface area contributed by atoms with Gasteiger partial charge in [-0.3, -0.25) is 0 Å². The number of nitrogen functional groups attached to an aromatic ring is 1. The van der Waals surface area contributed by atoms with E-state index in [1.54, 1.807) is 0 Å². The van der Waals surface area contributed by atoms with Crippen molar-refractivity contribution in [3.05, 3.63) is 53.6 Å². The smallest absolute Gasteiger partial charge is 0.113 e. The molecule has 2 aromatic carbocycles. The molecule has 1 heterocycles. The molecule has 0 aliphatic rings. The quantitative estimate of drug-likeness (QED) is 0.697. The Labute approximate surface area is 105 Å². The third kappa shape index (κ3) is 1.82. The number of aryl methyl sites for hydroxylation is 1. The van der Waals surface area contributed by atoms with Gasteiger partial charge in [-0.25, -0.2) is 4.68 Å². The van der Waals surface area contributed by atoms with Gasteiger partial charge in [-0.1, -0.05) is 35.5 Å². The Hall–Kier alpha value is -2.36. The van der Waals surface area contributed by atoms with Gasteiger partial charge >= 0.3 is 0 Å². The molecular weight excluding hydrogens is 224 g/mol. The summed E-state index contributed by atoms with van der Waals surface area (Å²) < 4.78 is 1.88. The molecule has 4 heteroatoms. The van der Waals surface area contributed by atoms with Gasteiger partial charge in [0.1, 0.15) is 5.52 Å². The zero-order valence-corrected chi connectivity index (χ0v) is 10.2. The third-order valence-electron chi connectivity index (χ3n) is 3.08. The molecule has 2 N–H and O–H groups in total. The Bertz CT molecular complexity index is 686. The number of hydrogen-bond acceptors (Lipinski definition) is 3. The highest BCUT2D eigenvalue weighted by molar-refractivity contribution is 5.80. The van der Waals surface area contributed by atoms with E-state index in [-0.39, 0.29) is 0 Å². The highest BCUT2D eigenvalue weighted by Crippen LogP contribution is 2.20. The van der Waals surface area contributed by atoms with E-state index in [0.717, 1.165) is 22.3 Å². The lowest BCUT2D eigenvalue weighted by atomic mass is 10.1. The van der Waals surface area contributed by atoms with Gasteiger partial charge in [0.15, 0.2) is 0 Å². The largest absolute Gasteiger partial charge is 0.398 e. The van der Waals surface area contributed by atoms with E-state index in [1.165, 1.54) is 5.56 Å². The molecule has 0 aliphatic heterocycles. The molecule has 0 radical (unpaired) electrons. The van der Waals surface area contributed by atoms with Crippen molar-refractivity contribution in [3.8, 4) is 0 Å². The standard InChI is InChI=1S/C14H14N4/c1-10-7-13-14(8-12(10)15)18(17-16-13)9-11-5-3-2-4-6-11/h2-8H,9,15H2,1H3. The molecule has 0 spiro atoms.